The summed E-state index contributed by atoms with van der Waals surface area (Å²) < 4.78 is 5.29. The normalized spacial score (nSPS) is 17.3. The molecule has 1 N–H and O–H groups in total. The zero-order chi connectivity index (χ0) is 14.8. The largest absolute Gasteiger partial charge is 0.392 e. The van der Waals surface area contributed by atoms with Crippen LogP contribution in [0, 0.1) is 19.8 Å². The van der Waals surface area contributed by atoms with Crippen LogP contribution < -0.4 is 0 Å². The van der Waals surface area contributed by atoms with Gasteiger partial charge in [-0.1, -0.05) is 18.0 Å². The first-order valence-electron chi connectivity index (χ1n) is 7.58. The van der Waals surface area contributed by atoms with Gasteiger partial charge in [-0.2, -0.15) is 4.98 Å². The molecule has 1 aliphatic rings. The molecule has 1 saturated carbocycles. The maximum atomic E-state index is 10.2. The fraction of sp³-hybridized carbons (Fsp3) is 0.562. The highest BCUT2D eigenvalue weighted by Gasteiger charge is 2.25. The summed E-state index contributed by atoms with van der Waals surface area (Å²) in [5.41, 5.74) is 2.77. The molecular formula is C16H21N3O2. The molecule has 0 bridgehead atoms. The monoisotopic (exact) mass is 287 g/mol. The number of aryl methyl sites for hydroxylation is 2. The fourth-order valence-electron chi connectivity index (χ4n) is 3.11. The van der Waals surface area contributed by atoms with E-state index < -0.39 is 0 Å². The maximum absolute atomic E-state index is 10.2. The van der Waals surface area contributed by atoms with Gasteiger partial charge in [-0.15, -0.1) is 0 Å². The van der Waals surface area contributed by atoms with E-state index in [0.717, 1.165) is 29.8 Å². The molecule has 0 saturated heterocycles. The van der Waals surface area contributed by atoms with Crippen LogP contribution in [0.2, 0.25) is 0 Å². The van der Waals surface area contributed by atoms with Gasteiger partial charge in [-0.3, -0.25) is 4.98 Å². The van der Waals surface area contributed by atoms with Crippen molar-refractivity contribution in [2.75, 3.05) is 0 Å². The lowest BCUT2D eigenvalue weighted by atomic mass is 9.98. The van der Waals surface area contributed by atoms with E-state index in [-0.39, 0.29) is 6.10 Å². The molecule has 0 spiro atoms. The lowest BCUT2D eigenvalue weighted by Gasteiger charge is -2.14. The minimum absolute atomic E-state index is 0.373. The summed E-state index contributed by atoms with van der Waals surface area (Å²) in [4.78, 5) is 8.75. The van der Waals surface area contributed by atoms with Crippen molar-refractivity contribution in [2.45, 2.75) is 52.1 Å². The number of aromatic nitrogens is 3. The molecule has 1 aliphatic carbocycles. The van der Waals surface area contributed by atoms with Crippen molar-refractivity contribution in [1.29, 1.82) is 0 Å². The summed E-state index contributed by atoms with van der Waals surface area (Å²) in [6.07, 6.45) is 4.71. The molecule has 112 valence electrons. The highest BCUT2D eigenvalue weighted by atomic mass is 16.5. The van der Waals surface area contributed by atoms with Crippen LogP contribution in [-0.2, 0) is 6.42 Å². The quantitative estimate of drug-likeness (QED) is 0.936. The predicted octanol–water partition coefficient (Wildman–Crippen LogP) is 2.84. The van der Waals surface area contributed by atoms with Crippen molar-refractivity contribution in [1.82, 2.24) is 15.1 Å². The Hall–Kier alpha value is -1.75. The van der Waals surface area contributed by atoms with Gasteiger partial charge in [0.25, 0.3) is 0 Å². The number of aliphatic hydroxyl groups is 1. The topological polar surface area (TPSA) is 72.0 Å². The van der Waals surface area contributed by atoms with Gasteiger partial charge < -0.3 is 9.63 Å². The van der Waals surface area contributed by atoms with Gasteiger partial charge in [0.15, 0.2) is 0 Å². The van der Waals surface area contributed by atoms with Crippen LogP contribution >= 0.6 is 0 Å². The molecule has 21 heavy (non-hydrogen) atoms. The summed E-state index contributed by atoms with van der Waals surface area (Å²) in [5.74, 6) is 1.46. The van der Waals surface area contributed by atoms with Gasteiger partial charge in [0.1, 0.15) is 0 Å². The van der Waals surface area contributed by atoms with Gasteiger partial charge in [0, 0.05) is 17.0 Å². The highest BCUT2D eigenvalue weighted by molar-refractivity contribution is 5.55. The number of pyridine rings is 1. The predicted molar refractivity (Wildman–Crippen MR) is 78.7 cm³/mol. The average Bonchev–Trinajstić information content (AvgIpc) is 3.08. The summed E-state index contributed by atoms with van der Waals surface area (Å²) >= 11 is 0. The van der Waals surface area contributed by atoms with Crippen molar-refractivity contribution < 1.29 is 9.63 Å². The van der Waals surface area contributed by atoms with Crippen LogP contribution in [0.5, 0.6) is 0 Å². The Labute approximate surface area is 124 Å². The molecule has 3 rings (SSSR count). The van der Waals surface area contributed by atoms with Gasteiger partial charge >= 0.3 is 0 Å². The van der Waals surface area contributed by atoms with E-state index in [1.165, 1.54) is 12.8 Å². The van der Waals surface area contributed by atoms with Crippen molar-refractivity contribution in [2.24, 2.45) is 5.92 Å². The molecule has 5 heteroatoms. The molecule has 1 atom stereocenters. The van der Waals surface area contributed by atoms with Gasteiger partial charge in [0.05, 0.1) is 12.5 Å². The van der Waals surface area contributed by atoms with Crippen LogP contribution in [0.1, 0.15) is 43.0 Å². The van der Waals surface area contributed by atoms with Crippen LogP contribution in [-0.4, -0.2) is 26.3 Å². The van der Waals surface area contributed by atoms with Crippen molar-refractivity contribution >= 4 is 0 Å². The molecule has 0 aliphatic heterocycles. The Morgan fingerprint density at radius 3 is 2.52 bits per heavy atom. The summed E-state index contributed by atoms with van der Waals surface area (Å²) in [6, 6.07) is 3.88. The summed E-state index contributed by atoms with van der Waals surface area (Å²) in [5, 5.41) is 14.3. The smallest absolute Gasteiger partial charge is 0.229 e. The molecule has 2 aromatic heterocycles. The molecule has 1 unspecified atom stereocenters. The van der Waals surface area contributed by atoms with E-state index in [4.69, 9.17) is 4.52 Å². The first-order valence-corrected chi connectivity index (χ1v) is 7.58. The van der Waals surface area contributed by atoms with Crippen molar-refractivity contribution in [3.63, 3.8) is 0 Å². The zero-order valence-electron chi connectivity index (χ0n) is 12.5. The SMILES string of the molecule is Cc1cc(-c2noc(CC(O)C3CCCC3)n2)cc(C)n1. The molecule has 0 aromatic carbocycles. The number of aliphatic hydroxyl groups excluding tert-OH is 1. The molecule has 2 heterocycles. The van der Waals surface area contributed by atoms with E-state index >= 15 is 0 Å². The third-order valence-corrected chi connectivity index (χ3v) is 4.14. The van der Waals surface area contributed by atoms with E-state index in [2.05, 4.69) is 15.1 Å². The molecule has 0 amide bonds. The average molecular weight is 287 g/mol. The second kappa shape index (κ2) is 5.93. The first-order chi connectivity index (χ1) is 10.1. The number of hydrogen-bond acceptors (Lipinski definition) is 5. The number of hydrogen-bond donors (Lipinski definition) is 1. The van der Waals surface area contributed by atoms with Gasteiger partial charge in [-0.05, 0) is 44.7 Å². The van der Waals surface area contributed by atoms with Crippen LogP contribution in [0.3, 0.4) is 0 Å². The lowest BCUT2D eigenvalue weighted by Crippen LogP contribution is -2.20. The second-order valence-corrected chi connectivity index (χ2v) is 5.97. The van der Waals surface area contributed by atoms with Gasteiger partial charge in [-0.25, -0.2) is 0 Å². The summed E-state index contributed by atoms with van der Waals surface area (Å²) in [7, 11) is 0. The molecule has 1 fully saturated rings. The van der Waals surface area contributed by atoms with E-state index in [0.29, 0.717) is 24.1 Å². The van der Waals surface area contributed by atoms with Crippen LogP contribution in [0.25, 0.3) is 11.4 Å². The Morgan fingerprint density at radius 2 is 1.86 bits per heavy atom. The van der Waals surface area contributed by atoms with E-state index in [9.17, 15) is 5.11 Å². The van der Waals surface area contributed by atoms with Crippen molar-refractivity contribution in [3.05, 3.63) is 29.4 Å². The number of nitrogens with zero attached hydrogens (tertiary/aromatic N) is 3. The standard InChI is InChI=1S/C16H21N3O2/c1-10-7-13(8-11(2)17-10)16-18-15(21-19-16)9-14(20)12-5-3-4-6-12/h7-8,12,14,20H,3-6,9H2,1-2H3. The lowest BCUT2D eigenvalue weighted by molar-refractivity contribution is 0.102. The van der Waals surface area contributed by atoms with Crippen LogP contribution in [0.4, 0.5) is 0 Å². The molecule has 2 aromatic rings. The minimum atomic E-state index is -0.373. The minimum Gasteiger partial charge on any atom is -0.392 e. The van der Waals surface area contributed by atoms with Crippen LogP contribution in [0.15, 0.2) is 16.7 Å². The fourth-order valence-corrected chi connectivity index (χ4v) is 3.11. The third kappa shape index (κ3) is 3.29. The molecular weight excluding hydrogens is 266 g/mol. The van der Waals surface area contributed by atoms with E-state index in [1.807, 2.05) is 26.0 Å². The Kier molecular flexibility index (Phi) is 4.01. The Morgan fingerprint density at radius 1 is 1.19 bits per heavy atom. The molecule has 5 nitrogen and oxygen atoms in total. The third-order valence-electron chi connectivity index (χ3n) is 4.14. The van der Waals surface area contributed by atoms with Gasteiger partial charge in [0.2, 0.25) is 11.7 Å². The highest BCUT2D eigenvalue weighted by Crippen LogP contribution is 2.29. The number of rotatable bonds is 4. The molecule has 0 radical (unpaired) electrons. The second-order valence-electron chi connectivity index (χ2n) is 5.97. The summed E-state index contributed by atoms with van der Waals surface area (Å²) in [6.45, 7) is 3.89. The Bertz CT molecular complexity index is 597. The van der Waals surface area contributed by atoms with Crippen molar-refractivity contribution in [3.8, 4) is 11.4 Å². The zero-order valence-corrected chi connectivity index (χ0v) is 12.5. The van der Waals surface area contributed by atoms with E-state index in [1.54, 1.807) is 0 Å². The first kappa shape index (κ1) is 14.2. The Balaban J connectivity index is 1.73. The maximum Gasteiger partial charge on any atom is 0.229 e.